The zero-order valence-electron chi connectivity index (χ0n) is 9.35. The number of rotatable bonds is 5. The molecule has 0 aromatic carbocycles. The van der Waals surface area contributed by atoms with E-state index in [9.17, 15) is 0 Å². The molecule has 1 aliphatic rings. The first-order valence-electron chi connectivity index (χ1n) is 5.44. The molecule has 0 N–H and O–H groups in total. The third-order valence-electron chi connectivity index (χ3n) is 2.38. The standard InChI is InChI=1S/C10H16N2O2S2/c1-15-7-9-11-12-10(14-9)16-6-8-4-2-3-5-13-8/h8H,2-7H2,1H3. The van der Waals surface area contributed by atoms with E-state index in [0.717, 1.165) is 24.5 Å². The molecule has 1 saturated heterocycles. The Morgan fingerprint density at radius 1 is 1.38 bits per heavy atom. The van der Waals surface area contributed by atoms with Crippen LogP contribution in [0.5, 0.6) is 0 Å². The highest BCUT2D eigenvalue weighted by molar-refractivity contribution is 7.99. The fourth-order valence-corrected chi connectivity index (χ4v) is 2.79. The van der Waals surface area contributed by atoms with E-state index in [4.69, 9.17) is 9.15 Å². The molecule has 4 nitrogen and oxygen atoms in total. The van der Waals surface area contributed by atoms with Crippen LogP contribution in [0.15, 0.2) is 9.64 Å². The second kappa shape index (κ2) is 6.51. The Morgan fingerprint density at radius 2 is 2.31 bits per heavy atom. The lowest BCUT2D eigenvalue weighted by Gasteiger charge is -2.21. The van der Waals surface area contributed by atoms with Crippen molar-refractivity contribution < 1.29 is 9.15 Å². The van der Waals surface area contributed by atoms with Gasteiger partial charge in [-0.05, 0) is 25.5 Å². The molecule has 0 amide bonds. The van der Waals surface area contributed by atoms with Gasteiger partial charge in [0, 0.05) is 12.4 Å². The average Bonchev–Trinajstić information content (AvgIpc) is 2.76. The molecule has 1 atom stereocenters. The van der Waals surface area contributed by atoms with E-state index in [2.05, 4.69) is 10.2 Å². The minimum Gasteiger partial charge on any atom is -0.415 e. The van der Waals surface area contributed by atoms with E-state index in [1.54, 1.807) is 23.5 Å². The Kier molecular flexibility index (Phi) is 4.99. The van der Waals surface area contributed by atoms with Crippen LogP contribution in [0, 0.1) is 0 Å². The van der Waals surface area contributed by atoms with Gasteiger partial charge in [-0.3, -0.25) is 0 Å². The Hall–Kier alpha value is -0.200. The highest BCUT2D eigenvalue weighted by Gasteiger charge is 2.15. The topological polar surface area (TPSA) is 48.2 Å². The van der Waals surface area contributed by atoms with Crippen LogP contribution in [0.25, 0.3) is 0 Å². The number of aromatic nitrogens is 2. The summed E-state index contributed by atoms with van der Waals surface area (Å²) in [5, 5.41) is 8.63. The van der Waals surface area contributed by atoms with Gasteiger partial charge >= 0.3 is 0 Å². The molecule has 0 radical (unpaired) electrons. The molecule has 0 aliphatic carbocycles. The molecule has 16 heavy (non-hydrogen) atoms. The van der Waals surface area contributed by atoms with Gasteiger partial charge in [0.05, 0.1) is 11.9 Å². The maximum atomic E-state index is 5.64. The zero-order chi connectivity index (χ0) is 11.2. The molecule has 0 saturated carbocycles. The molecule has 1 aromatic heterocycles. The van der Waals surface area contributed by atoms with Crippen LogP contribution >= 0.6 is 23.5 Å². The Bertz CT molecular complexity index is 314. The second-order valence-corrected chi connectivity index (χ2v) is 5.53. The normalized spacial score (nSPS) is 21.2. The van der Waals surface area contributed by atoms with E-state index in [1.165, 1.54) is 12.8 Å². The van der Waals surface area contributed by atoms with E-state index < -0.39 is 0 Å². The van der Waals surface area contributed by atoms with E-state index in [1.807, 2.05) is 6.26 Å². The lowest BCUT2D eigenvalue weighted by Crippen LogP contribution is -2.21. The molecular weight excluding hydrogens is 244 g/mol. The Balaban J connectivity index is 1.75. The first kappa shape index (κ1) is 12.3. The average molecular weight is 260 g/mol. The van der Waals surface area contributed by atoms with Crippen molar-refractivity contribution in [3.63, 3.8) is 0 Å². The van der Waals surface area contributed by atoms with Crippen molar-refractivity contribution in [1.29, 1.82) is 0 Å². The van der Waals surface area contributed by atoms with Crippen LogP contribution in [0.2, 0.25) is 0 Å². The van der Waals surface area contributed by atoms with Crippen LogP contribution in [0.4, 0.5) is 0 Å². The number of nitrogens with zero attached hydrogens (tertiary/aromatic N) is 2. The fourth-order valence-electron chi connectivity index (χ4n) is 1.58. The van der Waals surface area contributed by atoms with Crippen LogP contribution in [-0.2, 0) is 10.5 Å². The van der Waals surface area contributed by atoms with Crippen molar-refractivity contribution in [2.75, 3.05) is 18.6 Å². The third-order valence-corrected chi connectivity index (χ3v) is 3.87. The highest BCUT2D eigenvalue weighted by Crippen LogP contribution is 2.23. The fraction of sp³-hybridized carbons (Fsp3) is 0.800. The van der Waals surface area contributed by atoms with Gasteiger partial charge in [-0.1, -0.05) is 11.8 Å². The molecule has 1 fully saturated rings. The number of hydrogen-bond donors (Lipinski definition) is 0. The van der Waals surface area contributed by atoms with Gasteiger partial charge in [0.25, 0.3) is 5.22 Å². The largest absolute Gasteiger partial charge is 0.415 e. The summed E-state index contributed by atoms with van der Waals surface area (Å²) in [6.07, 6.45) is 5.99. The molecule has 0 bridgehead atoms. The van der Waals surface area contributed by atoms with E-state index in [0.29, 0.717) is 17.2 Å². The maximum Gasteiger partial charge on any atom is 0.276 e. The minimum atomic E-state index is 0.356. The summed E-state index contributed by atoms with van der Waals surface area (Å²) in [5.41, 5.74) is 0. The predicted octanol–water partition coefficient (Wildman–Crippen LogP) is 2.59. The number of hydrogen-bond acceptors (Lipinski definition) is 6. The van der Waals surface area contributed by atoms with Crippen molar-refractivity contribution in [3.8, 4) is 0 Å². The number of thioether (sulfide) groups is 2. The van der Waals surface area contributed by atoms with Crippen LogP contribution in [0.1, 0.15) is 25.2 Å². The molecule has 2 rings (SSSR count). The zero-order valence-corrected chi connectivity index (χ0v) is 11.0. The van der Waals surface area contributed by atoms with Crippen molar-refractivity contribution >= 4 is 23.5 Å². The lowest BCUT2D eigenvalue weighted by molar-refractivity contribution is 0.0314. The van der Waals surface area contributed by atoms with Crippen molar-refractivity contribution in [2.45, 2.75) is 36.3 Å². The van der Waals surface area contributed by atoms with E-state index >= 15 is 0 Å². The van der Waals surface area contributed by atoms with E-state index in [-0.39, 0.29) is 0 Å². The van der Waals surface area contributed by atoms with Gasteiger partial charge in [-0.25, -0.2) is 0 Å². The minimum absolute atomic E-state index is 0.356. The molecule has 2 heterocycles. The molecule has 6 heteroatoms. The summed E-state index contributed by atoms with van der Waals surface area (Å²) in [6.45, 7) is 0.896. The summed E-state index contributed by atoms with van der Waals surface area (Å²) in [6, 6.07) is 0. The first-order valence-corrected chi connectivity index (χ1v) is 7.82. The van der Waals surface area contributed by atoms with Crippen molar-refractivity contribution in [2.24, 2.45) is 0 Å². The highest BCUT2D eigenvalue weighted by atomic mass is 32.2. The van der Waals surface area contributed by atoms with Gasteiger partial charge in [0.15, 0.2) is 0 Å². The third kappa shape index (κ3) is 3.68. The Morgan fingerprint density at radius 3 is 3.06 bits per heavy atom. The van der Waals surface area contributed by atoms with Crippen LogP contribution in [0.3, 0.4) is 0 Å². The van der Waals surface area contributed by atoms with Gasteiger partial charge in [0.2, 0.25) is 5.89 Å². The monoisotopic (exact) mass is 260 g/mol. The SMILES string of the molecule is CSCc1nnc(SCC2CCCCO2)o1. The molecule has 1 unspecified atom stereocenters. The maximum absolute atomic E-state index is 5.64. The van der Waals surface area contributed by atoms with Crippen LogP contribution in [-0.4, -0.2) is 34.9 Å². The van der Waals surface area contributed by atoms with Crippen molar-refractivity contribution in [3.05, 3.63) is 5.89 Å². The first-order chi connectivity index (χ1) is 7.88. The molecule has 1 aromatic rings. The predicted molar refractivity (Wildman–Crippen MR) is 65.8 cm³/mol. The van der Waals surface area contributed by atoms with Crippen molar-refractivity contribution in [1.82, 2.24) is 10.2 Å². The Labute approximate surface area is 104 Å². The quantitative estimate of drug-likeness (QED) is 0.758. The molecular formula is C10H16N2O2S2. The van der Waals surface area contributed by atoms with Gasteiger partial charge in [-0.15, -0.1) is 10.2 Å². The second-order valence-electron chi connectivity index (χ2n) is 3.69. The molecule has 90 valence electrons. The molecule has 1 aliphatic heterocycles. The smallest absolute Gasteiger partial charge is 0.276 e. The van der Waals surface area contributed by atoms with Gasteiger partial charge in [-0.2, -0.15) is 11.8 Å². The summed E-state index contributed by atoms with van der Waals surface area (Å²) in [7, 11) is 0. The lowest BCUT2D eigenvalue weighted by atomic mass is 10.1. The number of ether oxygens (including phenoxy) is 1. The van der Waals surface area contributed by atoms with Gasteiger partial charge < -0.3 is 9.15 Å². The summed E-state index contributed by atoms with van der Waals surface area (Å²) in [4.78, 5) is 0. The van der Waals surface area contributed by atoms with Crippen LogP contribution < -0.4 is 0 Å². The van der Waals surface area contributed by atoms with Gasteiger partial charge in [0.1, 0.15) is 0 Å². The summed E-state index contributed by atoms with van der Waals surface area (Å²) < 4.78 is 11.1. The molecule has 0 spiro atoms. The summed E-state index contributed by atoms with van der Waals surface area (Å²) in [5.74, 6) is 2.41. The summed E-state index contributed by atoms with van der Waals surface area (Å²) >= 11 is 3.28.